The number of furan rings is 1. The zero-order chi connectivity index (χ0) is 12.3. The van der Waals surface area contributed by atoms with E-state index >= 15 is 0 Å². The zero-order valence-corrected chi connectivity index (χ0v) is 10.9. The van der Waals surface area contributed by atoms with Crippen LogP contribution in [0.4, 0.5) is 0 Å². The molecule has 1 aromatic heterocycles. The largest absolute Gasteiger partial charge is 0.457 e. The minimum Gasteiger partial charge on any atom is -0.457 e. The Morgan fingerprint density at radius 2 is 2.29 bits per heavy atom. The molecule has 0 N–H and O–H groups in total. The second-order valence-corrected chi connectivity index (χ2v) is 6.56. The van der Waals surface area contributed by atoms with Crippen molar-refractivity contribution < 1.29 is 13.4 Å². The predicted molar refractivity (Wildman–Crippen MR) is 67.4 cm³/mol. The van der Waals surface area contributed by atoms with Crippen LogP contribution in [0.15, 0.2) is 16.5 Å². The Labute approximate surface area is 104 Å². The van der Waals surface area contributed by atoms with Crippen LogP contribution in [-0.2, 0) is 16.6 Å². The van der Waals surface area contributed by atoms with Gasteiger partial charge in [-0.25, -0.2) is 0 Å². The first-order valence-electron chi connectivity index (χ1n) is 6.10. The summed E-state index contributed by atoms with van der Waals surface area (Å²) < 4.78 is 17.4. The number of carbonyl (C=O) groups excluding carboxylic acids is 1. The quantitative estimate of drug-likeness (QED) is 0.776. The van der Waals surface area contributed by atoms with E-state index in [0.29, 0.717) is 34.7 Å². The molecule has 94 valence electrons. The van der Waals surface area contributed by atoms with E-state index in [1.807, 2.05) is 0 Å². The van der Waals surface area contributed by atoms with E-state index in [2.05, 4.69) is 6.92 Å². The van der Waals surface area contributed by atoms with Crippen LogP contribution in [0.2, 0.25) is 0 Å². The average Bonchev–Trinajstić information content (AvgIpc) is 2.77. The minimum absolute atomic E-state index is 0.295. The molecule has 0 aromatic carbocycles. The number of hydrogen-bond donors (Lipinski definition) is 0. The number of hydrogen-bond acceptors (Lipinski definition) is 3. The summed E-state index contributed by atoms with van der Waals surface area (Å²) in [5.41, 5.74) is 0. The normalized spacial score (nSPS) is 26.6. The molecule has 3 nitrogen and oxygen atoms in total. The van der Waals surface area contributed by atoms with Crippen LogP contribution in [0.3, 0.4) is 0 Å². The van der Waals surface area contributed by atoms with Crippen molar-refractivity contribution in [2.24, 2.45) is 5.92 Å². The molecule has 0 saturated heterocycles. The first-order chi connectivity index (χ1) is 8.19. The Kier molecular flexibility index (Phi) is 4.15. The molecule has 1 aliphatic carbocycles. The topological polar surface area (TPSA) is 47.3 Å². The zero-order valence-electron chi connectivity index (χ0n) is 10.1. The average molecular weight is 254 g/mol. The maximum Gasteiger partial charge on any atom is 0.185 e. The van der Waals surface area contributed by atoms with E-state index in [9.17, 15) is 9.00 Å². The Hall–Kier alpha value is -0.900. The van der Waals surface area contributed by atoms with Gasteiger partial charge in [-0.15, -0.1) is 0 Å². The molecule has 1 aromatic rings. The molecule has 2 rings (SSSR count). The monoisotopic (exact) mass is 254 g/mol. The van der Waals surface area contributed by atoms with Crippen molar-refractivity contribution in [3.63, 3.8) is 0 Å². The lowest BCUT2D eigenvalue weighted by atomic mass is 9.91. The second-order valence-electron chi connectivity index (χ2n) is 4.84. The summed E-state index contributed by atoms with van der Waals surface area (Å²) in [4.78, 5) is 10.5. The van der Waals surface area contributed by atoms with Crippen LogP contribution >= 0.6 is 0 Å². The van der Waals surface area contributed by atoms with Gasteiger partial charge in [0, 0.05) is 16.0 Å². The summed E-state index contributed by atoms with van der Waals surface area (Å²) in [5, 5.41) is 0.295. The van der Waals surface area contributed by atoms with Gasteiger partial charge < -0.3 is 4.42 Å². The van der Waals surface area contributed by atoms with E-state index in [1.165, 1.54) is 12.8 Å². The summed E-state index contributed by atoms with van der Waals surface area (Å²) in [5.74, 6) is 2.09. The summed E-state index contributed by atoms with van der Waals surface area (Å²) in [7, 11) is -0.876. The molecule has 1 fully saturated rings. The number of aldehydes is 1. The fourth-order valence-electron chi connectivity index (χ4n) is 2.41. The molecule has 0 amide bonds. The fourth-order valence-corrected chi connectivity index (χ4v) is 4.05. The second kappa shape index (κ2) is 5.63. The summed E-state index contributed by atoms with van der Waals surface area (Å²) in [6.45, 7) is 2.22. The molecule has 1 heterocycles. The maximum atomic E-state index is 12.2. The van der Waals surface area contributed by atoms with E-state index in [1.54, 1.807) is 12.1 Å². The van der Waals surface area contributed by atoms with Crippen molar-refractivity contribution >= 4 is 17.1 Å². The Morgan fingerprint density at radius 1 is 1.47 bits per heavy atom. The van der Waals surface area contributed by atoms with Gasteiger partial charge in [0.05, 0.1) is 5.75 Å². The van der Waals surface area contributed by atoms with Gasteiger partial charge in [0.2, 0.25) is 0 Å². The van der Waals surface area contributed by atoms with Crippen LogP contribution in [0.1, 0.15) is 48.9 Å². The van der Waals surface area contributed by atoms with Crippen molar-refractivity contribution in [3.8, 4) is 0 Å². The number of rotatable bonds is 4. The van der Waals surface area contributed by atoms with Crippen LogP contribution in [0, 0.1) is 5.92 Å². The Morgan fingerprint density at radius 3 is 2.94 bits per heavy atom. The lowest BCUT2D eigenvalue weighted by molar-refractivity contribution is 0.109. The van der Waals surface area contributed by atoms with Gasteiger partial charge in [0.25, 0.3) is 0 Å². The molecule has 0 radical (unpaired) electrons. The SMILES string of the molecule is CC1CCCC(S(=O)Cc2ccc(C=O)o2)C1. The first kappa shape index (κ1) is 12.6. The molecule has 0 aliphatic heterocycles. The van der Waals surface area contributed by atoms with E-state index < -0.39 is 10.8 Å². The third-order valence-corrected chi connectivity index (χ3v) is 5.08. The van der Waals surface area contributed by atoms with Crippen molar-refractivity contribution in [1.29, 1.82) is 0 Å². The van der Waals surface area contributed by atoms with Gasteiger partial charge in [0.1, 0.15) is 5.76 Å². The molecule has 1 saturated carbocycles. The van der Waals surface area contributed by atoms with E-state index in [0.717, 1.165) is 12.8 Å². The van der Waals surface area contributed by atoms with Gasteiger partial charge in [-0.05, 0) is 30.9 Å². The molecule has 4 heteroatoms. The fraction of sp³-hybridized carbons (Fsp3) is 0.615. The van der Waals surface area contributed by atoms with Crippen LogP contribution < -0.4 is 0 Å². The summed E-state index contributed by atoms with van der Waals surface area (Å²) in [6.07, 6.45) is 5.21. The van der Waals surface area contributed by atoms with Crippen molar-refractivity contribution in [2.45, 2.75) is 43.6 Å². The molecule has 0 spiro atoms. The summed E-state index contributed by atoms with van der Waals surface area (Å²) >= 11 is 0. The van der Waals surface area contributed by atoms with Gasteiger partial charge in [-0.2, -0.15) is 0 Å². The van der Waals surface area contributed by atoms with Gasteiger partial charge in [0.15, 0.2) is 12.0 Å². The molecule has 3 unspecified atom stereocenters. The Balaban J connectivity index is 1.94. The Bertz CT molecular complexity index is 411. The minimum atomic E-state index is -0.876. The standard InChI is InChI=1S/C13H18O3S/c1-10-3-2-4-13(7-10)17(15)9-12-6-5-11(8-14)16-12/h5-6,8,10,13H,2-4,7,9H2,1H3. The molecular formula is C13H18O3S. The lowest BCUT2D eigenvalue weighted by Gasteiger charge is -2.25. The highest BCUT2D eigenvalue weighted by Crippen LogP contribution is 2.28. The molecule has 3 atom stereocenters. The molecule has 17 heavy (non-hydrogen) atoms. The highest BCUT2D eigenvalue weighted by Gasteiger charge is 2.24. The number of carbonyl (C=O) groups is 1. The van der Waals surface area contributed by atoms with Crippen LogP contribution in [-0.4, -0.2) is 15.7 Å². The van der Waals surface area contributed by atoms with Crippen LogP contribution in [0.5, 0.6) is 0 Å². The van der Waals surface area contributed by atoms with Crippen molar-refractivity contribution in [3.05, 3.63) is 23.7 Å². The molecule has 1 aliphatic rings. The third-order valence-electron chi connectivity index (χ3n) is 3.34. The summed E-state index contributed by atoms with van der Waals surface area (Å²) in [6, 6.07) is 3.37. The van der Waals surface area contributed by atoms with Crippen molar-refractivity contribution in [1.82, 2.24) is 0 Å². The van der Waals surface area contributed by atoms with Gasteiger partial charge in [-0.1, -0.05) is 19.8 Å². The van der Waals surface area contributed by atoms with Crippen molar-refractivity contribution in [2.75, 3.05) is 0 Å². The molecule has 0 bridgehead atoms. The highest BCUT2D eigenvalue weighted by molar-refractivity contribution is 7.84. The van der Waals surface area contributed by atoms with Gasteiger partial charge >= 0.3 is 0 Å². The lowest BCUT2D eigenvalue weighted by Crippen LogP contribution is -2.23. The maximum absolute atomic E-state index is 12.2. The smallest absolute Gasteiger partial charge is 0.185 e. The highest BCUT2D eigenvalue weighted by atomic mass is 32.2. The first-order valence-corrected chi connectivity index (χ1v) is 7.48. The van der Waals surface area contributed by atoms with E-state index in [4.69, 9.17) is 4.42 Å². The predicted octanol–water partition coefficient (Wildman–Crippen LogP) is 2.92. The van der Waals surface area contributed by atoms with E-state index in [-0.39, 0.29) is 0 Å². The third kappa shape index (κ3) is 3.28. The van der Waals surface area contributed by atoms with Crippen LogP contribution in [0.25, 0.3) is 0 Å². The van der Waals surface area contributed by atoms with Gasteiger partial charge in [-0.3, -0.25) is 9.00 Å². The molecular weight excluding hydrogens is 236 g/mol.